The molecule has 2 aromatic rings. The van der Waals surface area contributed by atoms with Crippen LogP contribution in [0.4, 0.5) is 0 Å². The Labute approximate surface area is 125 Å². The van der Waals surface area contributed by atoms with Gasteiger partial charge in [-0.25, -0.2) is 0 Å². The number of methoxy groups -OCH3 is 1. The molecule has 0 atom stereocenters. The molecule has 0 aliphatic rings. The summed E-state index contributed by atoms with van der Waals surface area (Å²) in [6, 6.07) is 9.37. The molecule has 112 valence electrons. The van der Waals surface area contributed by atoms with Crippen LogP contribution in [0.3, 0.4) is 0 Å². The van der Waals surface area contributed by atoms with E-state index in [1.54, 1.807) is 31.6 Å². The summed E-state index contributed by atoms with van der Waals surface area (Å²) in [7, 11) is 1.68. The fourth-order valence-corrected chi connectivity index (χ4v) is 2.22. The summed E-state index contributed by atoms with van der Waals surface area (Å²) in [5, 5.41) is 3.40. The Kier molecular flexibility index (Phi) is 5.58. The molecule has 0 spiro atoms. The first-order valence-corrected chi connectivity index (χ1v) is 7.25. The van der Waals surface area contributed by atoms with E-state index in [-0.39, 0.29) is 5.43 Å². The predicted octanol–water partition coefficient (Wildman–Crippen LogP) is 2.40. The molecule has 4 heteroatoms. The maximum Gasteiger partial charge on any atom is 0.181 e. The minimum absolute atomic E-state index is 0.0238. The third kappa shape index (κ3) is 4.46. The number of pyridine rings is 1. The molecule has 0 saturated heterocycles. The van der Waals surface area contributed by atoms with Crippen LogP contribution in [0.15, 0.2) is 47.5 Å². The predicted molar refractivity (Wildman–Crippen MR) is 84.8 cm³/mol. The van der Waals surface area contributed by atoms with Gasteiger partial charge in [0.1, 0.15) is 5.75 Å². The third-order valence-electron chi connectivity index (χ3n) is 3.31. The molecule has 4 nitrogen and oxygen atoms in total. The Balaban J connectivity index is 2.17. The summed E-state index contributed by atoms with van der Waals surface area (Å²) in [5.74, 6) is 0.868. The molecule has 2 rings (SSSR count). The number of nitrogens with one attached hydrogen (secondary N) is 1. The van der Waals surface area contributed by atoms with Crippen molar-refractivity contribution in [3.63, 3.8) is 0 Å². The monoisotopic (exact) mass is 286 g/mol. The highest BCUT2D eigenvalue weighted by Gasteiger charge is 2.05. The average molecular weight is 286 g/mol. The summed E-state index contributed by atoms with van der Waals surface area (Å²) in [5.41, 5.74) is 2.37. The maximum absolute atomic E-state index is 11.2. The van der Waals surface area contributed by atoms with Crippen LogP contribution in [0, 0.1) is 0 Å². The fraction of sp³-hybridized carbons (Fsp3) is 0.353. The van der Waals surface area contributed by atoms with E-state index in [0.29, 0.717) is 6.54 Å². The van der Waals surface area contributed by atoms with Gasteiger partial charge in [0.2, 0.25) is 0 Å². The molecule has 0 aliphatic carbocycles. The Morgan fingerprint density at radius 2 is 1.95 bits per heavy atom. The number of ether oxygens (including phenoxy) is 1. The number of nitrogens with zero attached hydrogens (tertiary/aromatic N) is 1. The Hall–Kier alpha value is -2.07. The number of benzene rings is 1. The lowest BCUT2D eigenvalue weighted by atomic mass is 10.1. The summed E-state index contributed by atoms with van der Waals surface area (Å²) in [6.45, 7) is 4.71. The van der Waals surface area contributed by atoms with E-state index in [4.69, 9.17) is 4.74 Å². The topological polar surface area (TPSA) is 43.3 Å². The van der Waals surface area contributed by atoms with Gasteiger partial charge >= 0.3 is 0 Å². The molecule has 0 fully saturated rings. The fourth-order valence-electron chi connectivity index (χ4n) is 2.22. The molecule has 0 amide bonds. The van der Waals surface area contributed by atoms with Crippen LogP contribution in [-0.2, 0) is 13.1 Å². The minimum Gasteiger partial charge on any atom is -0.496 e. The Morgan fingerprint density at radius 1 is 1.19 bits per heavy atom. The molecular formula is C17H22N2O2. The van der Waals surface area contributed by atoms with Crippen molar-refractivity contribution >= 4 is 0 Å². The van der Waals surface area contributed by atoms with E-state index < -0.39 is 0 Å². The number of hydrogen-bond acceptors (Lipinski definition) is 3. The molecule has 0 radical (unpaired) electrons. The zero-order chi connectivity index (χ0) is 15.1. The first kappa shape index (κ1) is 15.3. The average Bonchev–Trinajstić information content (AvgIpc) is 2.50. The first-order chi connectivity index (χ1) is 10.2. The van der Waals surface area contributed by atoms with Gasteiger partial charge in [-0.15, -0.1) is 0 Å². The van der Waals surface area contributed by atoms with Gasteiger partial charge in [0, 0.05) is 36.6 Å². The van der Waals surface area contributed by atoms with Gasteiger partial charge in [-0.3, -0.25) is 4.79 Å². The SMILES string of the molecule is CCCNCc1ccc(OC)c(Cn2ccc(=O)cc2)c1. The normalized spacial score (nSPS) is 10.6. The van der Waals surface area contributed by atoms with Crippen molar-refractivity contribution in [2.24, 2.45) is 0 Å². The van der Waals surface area contributed by atoms with Crippen molar-refractivity contribution < 1.29 is 4.74 Å². The highest BCUT2D eigenvalue weighted by molar-refractivity contribution is 5.37. The van der Waals surface area contributed by atoms with Crippen LogP contribution in [0.5, 0.6) is 5.75 Å². The molecule has 1 N–H and O–H groups in total. The first-order valence-electron chi connectivity index (χ1n) is 7.25. The Morgan fingerprint density at radius 3 is 2.62 bits per heavy atom. The van der Waals surface area contributed by atoms with Crippen molar-refractivity contribution in [1.29, 1.82) is 0 Å². The van der Waals surface area contributed by atoms with Crippen molar-refractivity contribution in [2.75, 3.05) is 13.7 Å². The van der Waals surface area contributed by atoms with Crippen molar-refractivity contribution in [2.45, 2.75) is 26.4 Å². The minimum atomic E-state index is 0.0238. The maximum atomic E-state index is 11.2. The molecule has 1 aromatic carbocycles. The van der Waals surface area contributed by atoms with Crippen molar-refractivity contribution in [3.8, 4) is 5.75 Å². The van der Waals surface area contributed by atoms with E-state index in [2.05, 4.69) is 24.4 Å². The number of aromatic nitrogens is 1. The lowest BCUT2D eigenvalue weighted by Crippen LogP contribution is -2.14. The second-order valence-corrected chi connectivity index (χ2v) is 5.03. The van der Waals surface area contributed by atoms with E-state index in [1.165, 1.54) is 5.56 Å². The lowest BCUT2D eigenvalue weighted by molar-refractivity contribution is 0.408. The van der Waals surface area contributed by atoms with Gasteiger partial charge in [0.15, 0.2) is 5.43 Å². The van der Waals surface area contributed by atoms with Crippen LogP contribution in [0.2, 0.25) is 0 Å². The molecule has 1 aromatic heterocycles. The lowest BCUT2D eigenvalue weighted by Gasteiger charge is -2.13. The van der Waals surface area contributed by atoms with E-state index in [9.17, 15) is 4.79 Å². The van der Waals surface area contributed by atoms with Crippen LogP contribution >= 0.6 is 0 Å². The quantitative estimate of drug-likeness (QED) is 0.795. The highest BCUT2D eigenvalue weighted by atomic mass is 16.5. The largest absolute Gasteiger partial charge is 0.496 e. The van der Waals surface area contributed by atoms with Gasteiger partial charge in [0.25, 0.3) is 0 Å². The van der Waals surface area contributed by atoms with Crippen LogP contribution in [0.25, 0.3) is 0 Å². The second kappa shape index (κ2) is 7.64. The smallest absolute Gasteiger partial charge is 0.181 e. The third-order valence-corrected chi connectivity index (χ3v) is 3.31. The van der Waals surface area contributed by atoms with Gasteiger partial charge in [-0.1, -0.05) is 13.0 Å². The van der Waals surface area contributed by atoms with E-state index in [1.807, 2.05) is 10.6 Å². The summed E-state index contributed by atoms with van der Waals surface area (Å²) in [4.78, 5) is 11.2. The standard InChI is InChI=1S/C17H22N2O2/c1-3-8-18-12-14-4-5-17(21-2)15(11-14)13-19-9-6-16(20)7-10-19/h4-7,9-11,18H,3,8,12-13H2,1-2H3. The molecule has 21 heavy (non-hydrogen) atoms. The van der Waals surface area contributed by atoms with Crippen LogP contribution in [-0.4, -0.2) is 18.2 Å². The van der Waals surface area contributed by atoms with E-state index in [0.717, 1.165) is 30.8 Å². The van der Waals surface area contributed by atoms with E-state index >= 15 is 0 Å². The van der Waals surface area contributed by atoms with Crippen molar-refractivity contribution in [1.82, 2.24) is 9.88 Å². The van der Waals surface area contributed by atoms with Crippen LogP contribution < -0.4 is 15.5 Å². The molecule has 0 saturated carbocycles. The summed E-state index contributed by atoms with van der Waals surface area (Å²) in [6.07, 6.45) is 4.72. The van der Waals surface area contributed by atoms with Gasteiger partial charge in [-0.05, 0) is 30.7 Å². The van der Waals surface area contributed by atoms with Crippen molar-refractivity contribution in [3.05, 3.63) is 64.1 Å². The summed E-state index contributed by atoms with van der Waals surface area (Å²) >= 11 is 0. The number of rotatable bonds is 7. The molecule has 1 heterocycles. The molecule has 0 bridgehead atoms. The van der Waals surface area contributed by atoms with Gasteiger partial charge in [-0.2, -0.15) is 0 Å². The van der Waals surface area contributed by atoms with Gasteiger partial charge < -0.3 is 14.6 Å². The molecular weight excluding hydrogens is 264 g/mol. The Bertz CT molecular complexity index is 614. The highest BCUT2D eigenvalue weighted by Crippen LogP contribution is 2.21. The zero-order valence-electron chi connectivity index (χ0n) is 12.6. The van der Waals surface area contributed by atoms with Gasteiger partial charge in [0.05, 0.1) is 13.7 Å². The zero-order valence-corrected chi connectivity index (χ0v) is 12.6. The summed E-state index contributed by atoms with van der Waals surface area (Å²) < 4.78 is 7.40. The van der Waals surface area contributed by atoms with Crippen LogP contribution in [0.1, 0.15) is 24.5 Å². The number of hydrogen-bond donors (Lipinski definition) is 1. The molecule has 0 aliphatic heterocycles. The molecule has 0 unspecified atom stereocenters. The second-order valence-electron chi connectivity index (χ2n) is 5.03.